The normalized spacial score (nSPS) is 20.4. The number of amides is 5. The third kappa shape index (κ3) is 22.4. The molecule has 2 fully saturated rings. The zero-order chi connectivity index (χ0) is 67.7. The molecular formula is C67H77F6N5O17. The molecule has 0 spiro atoms. The number of rotatable bonds is 33. The summed E-state index contributed by atoms with van der Waals surface area (Å²) >= 11 is 0. The number of carbonyl (C=O) groups is 3. The van der Waals surface area contributed by atoms with Crippen molar-refractivity contribution in [3.05, 3.63) is 179 Å². The van der Waals surface area contributed by atoms with Crippen molar-refractivity contribution in [3.63, 3.8) is 0 Å². The third-order valence-corrected chi connectivity index (χ3v) is 15.1. The average Bonchev–Trinajstić information content (AvgIpc) is 0.793. The first-order chi connectivity index (χ1) is 45.8. The van der Waals surface area contributed by atoms with Gasteiger partial charge in [0.1, 0.15) is 66.2 Å². The Labute approximate surface area is 545 Å². The molecule has 2 heterocycles. The highest BCUT2D eigenvalue weighted by Gasteiger charge is 2.53. The second-order valence-electron chi connectivity index (χ2n) is 21.7. The smallest absolute Gasteiger partial charge is 0.416 e. The minimum absolute atomic E-state index is 0.0135. The van der Waals surface area contributed by atoms with Gasteiger partial charge >= 0.3 is 24.4 Å². The molecule has 0 aliphatic carbocycles. The SMILES string of the molecule is COCCOCCOCC(=O)N[C@H]1C(COCc2ccc(OC)cc2)OCC(NC(=O)Nc2cccc(C(F)(F)F)c2)[C@H]1O[C@@H]1OC(COCc2ccc(OC)cc2)[C@@H](OCc2ccc(OC)cc2)[C@H](OCc2ccc(OC)cc2)C1NC(=O)Nc1cccc(C(F)(F)F)c1. The highest BCUT2D eigenvalue weighted by molar-refractivity contribution is 5.90. The first-order valence-electron chi connectivity index (χ1n) is 30.1. The van der Waals surface area contributed by atoms with Gasteiger partial charge in [0.05, 0.1) is 124 Å². The van der Waals surface area contributed by atoms with E-state index in [2.05, 4.69) is 26.6 Å². The van der Waals surface area contributed by atoms with Crippen molar-refractivity contribution in [2.24, 2.45) is 0 Å². The molecule has 0 radical (unpaired) electrons. The van der Waals surface area contributed by atoms with E-state index >= 15 is 0 Å². The Morgan fingerprint density at radius 3 is 1.39 bits per heavy atom. The molecule has 2 aliphatic heterocycles. The largest absolute Gasteiger partial charge is 0.497 e. The van der Waals surface area contributed by atoms with E-state index in [0.717, 1.165) is 47.5 Å². The van der Waals surface area contributed by atoms with E-state index in [1.54, 1.807) is 97.1 Å². The Morgan fingerprint density at radius 1 is 0.474 bits per heavy atom. The summed E-state index contributed by atoms with van der Waals surface area (Å²) in [6.07, 6.45) is -17.8. The summed E-state index contributed by atoms with van der Waals surface area (Å²) in [5.74, 6) is 1.54. The Balaban J connectivity index is 1.23. The monoisotopic (exact) mass is 1340 g/mol. The lowest BCUT2D eigenvalue weighted by atomic mass is 9.93. The van der Waals surface area contributed by atoms with E-state index in [9.17, 15) is 40.7 Å². The predicted molar refractivity (Wildman–Crippen MR) is 332 cm³/mol. The number of alkyl halides is 6. The minimum atomic E-state index is -4.79. The first-order valence-corrected chi connectivity index (χ1v) is 30.1. The fourth-order valence-electron chi connectivity index (χ4n) is 10.2. The lowest BCUT2D eigenvalue weighted by Gasteiger charge is -2.49. The van der Waals surface area contributed by atoms with Gasteiger partial charge in [-0.05, 0) is 107 Å². The molecule has 0 bridgehead atoms. The number of ether oxygens (including phenoxy) is 14. The topological polar surface area (TPSA) is 241 Å². The van der Waals surface area contributed by atoms with Crippen LogP contribution in [0.1, 0.15) is 33.4 Å². The van der Waals surface area contributed by atoms with Gasteiger partial charge in [0.25, 0.3) is 0 Å². The van der Waals surface area contributed by atoms with Crippen molar-refractivity contribution in [1.82, 2.24) is 16.0 Å². The van der Waals surface area contributed by atoms with Crippen molar-refractivity contribution in [2.75, 3.05) is 99.0 Å². The number of nitrogens with one attached hydrogen (secondary N) is 5. The molecule has 0 saturated carbocycles. The average molecular weight is 1340 g/mol. The summed E-state index contributed by atoms with van der Waals surface area (Å²) < 4.78 is 169. The van der Waals surface area contributed by atoms with Crippen LogP contribution < -0.4 is 45.5 Å². The number of urea groups is 2. The predicted octanol–water partition coefficient (Wildman–Crippen LogP) is 9.72. The maximum Gasteiger partial charge on any atom is 0.416 e. The highest BCUT2D eigenvalue weighted by Crippen LogP contribution is 2.35. The number of anilines is 2. The van der Waals surface area contributed by atoms with Crippen molar-refractivity contribution in [2.45, 2.75) is 93.7 Å². The Kier molecular flexibility index (Phi) is 27.5. The van der Waals surface area contributed by atoms with Gasteiger partial charge in [0.2, 0.25) is 5.91 Å². The molecular weight excluding hydrogens is 1260 g/mol. The number of methoxy groups -OCH3 is 5. The number of carbonyl (C=O) groups excluding carboxylic acids is 3. The maximum atomic E-state index is 14.7. The Hall–Kier alpha value is -8.29. The summed E-state index contributed by atoms with van der Waals surface area (Å²) in [6, 6.07) is 29.4. The first kappa shape index (κ1) is 72.5. The van der Waals surface area contributed by atoms with E-state index in [4.69, 9.17) is 66.3 Å². The van der Waals surface area contributed by atoms with Crippen molar-refractivity contribution >= 4 is 29.3 Å². The molecule has 514 valence electrons. The van der Waals surface area contributed by atoms with E-state index in [-0.39, 0.29) is 70.8 Å². The molecule has 8 rings (SSSR count). The van der Waals surface area contributed by atoms with Crippen LogP contribution in [0, 0.1) is 0 Å². The van der Waals surface area contributed by atoms with Crippen molar-refractivity contribution in [1.29, 1.82) is 0 Å². The summed E-state index contributed by atoms with van der Waals surface area (Å²) in [5.41, 5.74) is 0.0913. The fourth-order valence-corrected chi connectivity index (χ4v) is 10.2. The van der Waals surface area contributed by atoms with Crippen LogP contribution in [0.4, 0.5) is 47.3 Å². The highest BCUT2D eigenvalue weighted by atomic mass is 19.4. The molecule has 5 N–H and O–H groups in total. The number of hydrogen-bond acceptors (Lipinski definition) is 17. The molecule has 28 heteroatoms. The van der Waals surface area contributed by atoms with E-state index in [1.165, 1.54) is 47.7 Å². The van der Waals surface area contributed by atoms with Gasteiger partial charge < -0.3 is 92.9 Å². The van der Waals surface area contributed by atoms with Gasteiger partial charge in [-0.15, -0.1) is 0 Å². The second kappa shape index (κ2) is 36.0. The van der Waals surface area contributed by atoms with Crippen LogP contribution in [0.2, 0.25) is 0 Å². The zero-order valence-electron chi connectivity index (χ0n) is 52.7. The van der Waals surface area contributed by atoms with Crippen LogP contribution in [0.3, 0.4) is 0 Å². The van der Waals surface area contributed by atoms with Gasteiger partial charge in [-0.2, -0.15) is 26.3 Å². The van der Waals surface area contributed by atoms with E-state index in [0.29, 0.717) is 40.7 Å². The minimum Gasteiger partial charge on any atom is -0.497 e. The van der Waals surface area contributed by atoms with E-state index < -0.39 is 110 Å². The number of halogens is 6. The molecule has 5 amide bonds. The van der Waals surface area contributed by atoms with Gasteiger partial charge in [0, 0.05) is 18.5 Å². The molecule has 0 aromatic heterocycles. The fraction of sp³-hybridized carbons (Fsp3) is 0.418. The van der Waals surface area contributed by atoms with Gasteiger partial charge in [0.15, 0.2) is 6.29 Å². The Morgan fingerprint density at radius 2 is 0.916 bits per heavy atom. The van der Waals surface area contributed by atoms with Crippen LogP contribution in [0.5, 0.6) is 23.0 Å². The molecule has 9 atom stereocenters. The van der Waals surface area contributed by atoms with Crippen molar-refractivity contribution < 1.29 is 107 Å². The molecule has 2 saturated heterocycles. The number of benzene rings is 6. The second-order valence-corrected chi connectivity index (χ2v) is 21.7. The Bertz CT molecular complexity index is 3320. The number of hydrogen-bond donors (Lipinski definition) is 5. The van der Waals surface area contributed by atoms with Crippen LogP contribution >= 0.6 is 0 Å². The van der Waals surface area contributed by atoms with E-state index in [1.807, 2.05) is 0 Å². The summed E-state index contributed by atoms with van der Waals surface area (Å²) in [4.78, 5) is 43.4. The zero-order valence-corrected chi connectivity index (χ0v) is 52.7. The molecule has 4 unspecified atom stereocenters. The standard InChI is InChI=1S/C67H77F6N5O17/c1-82-28-29-87-30-31-88-41-57(79)77-58-55(39-89-34-42-12-20-50(83-2)21-13-42)91-38-54(76-64(80)74-48-10-6-8-46(32-48)66(68,69)70)60(58)95-63-59(78-65(81)75-49-11-7-9-47(33-49)67(71,72)73)62(93-37-45-18-26-53(86-5)27-19-45)61(92-36-44-16-24-52(85-4)25-17-44)56(94-63)40-90-35-43-14-22-51(84-3)23-15-43/h6-27,32-33,54-56,58-63H,28-31,34-41H2,1-5H3,(H,77,79)(H2,74,76,80)(H2,75,78,81)/t54?,55?,56?,58-,59?,60+,61+,62+,63-/m0/s1. The molecule has 6 aromatic rings. The maximum absolute atomic E-state index is 14.7. The molecule has 2 aliphatic rings. The van der Waals surface area contributed by atoms with Crippen LogP contribution in [-0.2, 0) is 90.9 Å². The third-order valence-electron chi connectivity index (χ3n) is 15.1. The molecule has 95 heavy (non-hydrogen) atoms. The summed E-state index contributed by atoms with van der Waals surface area (Å²) in [6.45, 7) is -1.12. The quantitative estimate of drug-likeness (QED) is 0.0190. The van der Waals surface area contributed by atoms with Gasteiger partial charge in [-0.25, -0.2) is 9.59 Å². The van der Waals surface area contributed by atoms with Crippen LogP contribution in [0.15, 0.2) is 146 Å². The lowest BCUT2D eigenvalue weighted by molar-refractivity contribution is -0.309. The summed E-state index contributed by atoms with van der Waals surface area (Å²) in [5, 5.41) is 13.5. The van der Waals surface area contributed by atoms with Crippen LogP contribution in [-0.4, -0.2) is 161 Å². The lowest BCUT2D eigenvalue weighted by Crippen LogP contribution is -2.71. The van der Waals surface area contributed by atoms with Gasteiger partial charge in [-0.3, -0.25) is 4.79 Å². The summed E-state index contributed by atoms with van der Waals surface area (Å²) in [7, 11) is 7.58. The van der Waals surface area contributed by atoms with Crippen LogP contribution in [0.25, 0.3) is 0 Å². The van der Waals surface area contributed by atoms with Crippen molar-refractivity contribution in [3.8, 4) is 23.0 Å². The molecule has 22 nitrogen and oxygen atoms in total. The van der Waals surface area contributed by atoms with Gasteiger partial charge in [-0.1, -0.05) is 60.7 Å². The molecule has 6 aromatic carbocycles.